The maximum absolute atomic E-state index is 12.8. The second-order valence-electron chi connectivity index (χ2n) is 6.43. The summed E-state index contributed by atoms with van der Waals surface area (Å²) in [5.74, 6) is 0.892. The molecule has 1 atom stereocenters. The Bertz CT molecular complexity index is 804. The number of piperazine rings is 1. The van der Waals surface area contributed by atoms with Crippen LogP contribution in [0.4, 0.5) is 0 Å². The highest BCUT2D eigenvalue weighted by molar-refractivity contribution is 5.86. The molecule has 29 heavy (non-hydrogen) atoms. The largest absolute Gasteiger partial charge is 0.496 e. The van der Waals surface area contributed by atoms with E-state index in [1.165, 1.54) is 0 Å². The Kier molecular flexibility index (Phi) is 8.76. The number of methoxy groups -OCH3 is 1. The lowest BCUT2D eigenvalue weighted by Crippen LogP contribution is -2.51. The van der Waals surface area contributed by atoms with Crippen LogP contribution in [-0.2, 0) is 9.59 Å². The van der Waals surface area contributed by atoms with Crippen LogP contribution >= 0.6 is 12.4 Å². The predicted molar refractivity (Wildman–Crippen MR) is 113 cm³/mol. The van der Waals surface area contributed by atoms with E-state index in [0.717, 1.165) is 11.3 Å². The van der Waals surface area contributed by atoms with Gasteiger partial charge in [-0.15, -0.1) is 12.4 Å². The third-order valence-corrected chi connectivity index (χ3v) is 4.61. The van der Waals surface area contributed by atoms with Crippen LogP contribution in [0.1, 0.15) is 11.6 Å². The Morgan fingerprint density at radius 1 is 1.14 bits per heavy atom. The molecule has 0 spiro atoms. The number of carbonyl (C=O) groups excluding carboxylic acids is 2. The summed E-state index contributed by atoms with van der Waals surface area (Å²) in [5, 5.41) is 5.96. The zero-order chi connectivity index (χ0) is 19.8. The summed E-state index contributed by atoms with van der Waals surface area (Å²) in [5.41, 5.74) is 0.948. The predicted octanol–water partition coefficient (Wildman–Crippen LogP) is 1.79. The lowest BCUT2D eigenvalue weighted by molar-refractivity contribution is -0.136. The Morgan fingerprint density at radius 3 is 2.62 bits per heavy atom. The summed E-state index contributed by atoms with van der Waals surface area (Å²) >= 11 is 0. The summed E-state index contributed by atoms with van der Waals surface area (Å²) < 4.78 is 10.8. The van der Waals surface area contributed by atoms with Gasteiger partial charge in [0.2, 0.25) is 5.91 Å². The standard InChI is InChI=1S/C21H25N3O4.ClH/c1-27-19-10-6-5-9-17(19)18-13-22-11-12-24(18)21(26)14-23-20(25)15-28-16-7-3-2-4-8-16;/h2-10,18,22H,11-15H2,1H3,(H,23,25);1H. The van der Waals surface area contributed by atoms with Crippen molar-refractivity contribution in [2.75, 3.05) is 39.9 Å². The van der Waals surface area contributed by atoms with Crippen molar-refractivity contribution in [2.45, 2.75) is 6.04 Å². The van der Waals surface area contributed by atoms with Gasteiger partial charge in [0.05, 0.1) is 19.7 Å². The molecule has 0 aromatic heterocycles. The number of hydrogen-bond acceptors (Lipinski definition) is 5. The lowest BCUT2D eigenvalue weighted by atomic mass is 10.0. The quantitative estimate of drug-likeness (QED) is 0.715. The molecule has 156 valence electrons. The number of benzene rings is 2. The third-order valence-electron chi connectivity index (χ3n) is 4.61. The topological polar surface area (TPSA) is 79.9 Å². The molecule has 1 unspecified atom stereocenters. The molecule has 2 aromatic carbocycles. The van der Waals surface area contributed by atoms with E-state index in [2.05, 4.69) is 10.6 Å². The van der Waals surface area contributed by atoms with Crippen molar-refractivity contribution < 1.29 is 19.1 Å². The molecule has 2 amide bonds. The van der Waals surface area contributed by atoms with Crippen LogP contribution in [0.25, 0.3) is 0 Å². The van der Waals surface area contributed by atoms with Crippen molar-refractivity contribution in [3.63, 3.8) is 0 Å². The fourth-order valence-corrected chi connectivity index (χ4v) is 3.21. The smallest absolute Gasteiger partial charge is 0.258 e. The zero-order valence-corrected chi connectivity index (χ0v) is 17.1. The van der Waals surface area contributed by atoms with Crippen LogP contribution < -0.4 is 20.1 Å². The zero-order valence-electron chi connectivity index (χ0n) is 16.3. The highest BCUT2D eigenvalue weighted by Crippen LogP contribution is 2.30. The third kappa shape index (κ3) is 6.10. The molecule has 0 saturated carbocycles. The van der Waals surface area contributed by atoms with E-state index in [0.29, 0.717) is 25.4 Å². The van der Waals surface area contributed by atoms with Gasteiger partial charge in [0, 0.05) is 25.2 Å². The van der Waals surface area contributed by atoms with Crippen LogP contribution in [0.5, 0.6) is 11.5 Å². The Balaban J connectivity index is 0.00000300. The van der Waals surface area contributed by atoms with Gasteiger partial charge in [-0.3, -0.25) is 9.59 Å². The van der Waals surface area contributed by atoms with Crippen LogP contribution in [0.15, 0.2) is 54.6 Å². The van der Waals surface area contributed by atoms with Crippen LogP contribution in [0.2, 0.25) is 0 Å². The van der Waals surface area contributed by atoms with Gasteiger partial charge in [-0.2, -0.15) is 0 Å². The van der Waals surface area contributed by atoms with Gasteiger partial charge < -0.3 is 25.0 Å². The number of nitrogens with one attached hydrogen (secondary N) is 2. The van der Waals surface area contributed by atoms with Crippen molar-refractivity contribution in [2.24, 2.45) is 0 Å². The molecule has 7 nitrogen and oxygen atoms in total. The normalized spacial score (nSPS) is 15.8. The SMILES string of the molecule is COc1ccccc1C1CNCCN1C(=O)CNC(=O)COc1ccccc1.Cl. The fraction of sp³-hybridized carbons (Fsp3) is 0.333. The number of nitrogens with zero attached hydrogens (tertiary/aromatic N) is 1. The molecule has 1 fully saturated rings. The molecule has 0 bridgehead atoms. The van der Waals surface area contributed by atoms with Crippen molar-refractivity contribution >= 4 is 24.2 Å². The number of para-hydroxylation sites is 2. The van der Waals surface area contributed by atoms with E-state index in [1.807, 2.05) is 42.5 Å². The van der Waals surface area contributed by atoms with Crippen molar-refractivity contribution in [3.05, 3.63) is 60.2 Å². The lowest BCUT2D eigenvalue weighted by Gasteiger charge is -2.37. The van der Waals surface area contributed by atoms with E-state index in [9.17, 15) is 9.59 Å². The first-order valence-electron chi connectivity index (χ1n) is 9.26. The Labute approximate surface area is 176 Å². The molecule has 1 aliphatic heterocycles. The minimum absolute atomic E-state index is 0. The summed E-state index contributed by atoms with van der Waals surface area (Å²) in [6.45, 7) is 1.72. The number of halogens is 1. The first-order valence-corrected chi connectivity index (χ1v) is 9.26. The van der Waals surface area contributed by atoms with E-state index in [1.54, 1.807) is 24.1 Å². The van der Waals surface area contributed by atoms with Gasteiger partial charge in [-0.1, -0.05) is 36.4 Å². The molecule has 2 N–H and O–H groups in total. The Morgan fingerprint density at radius 2 is 1.86 bits per heavy atom. The highest BCUT2D eigenvalue weighted by Gasteiger charge is 2.29. The molecule has 0 aliphatic carbocycles. The molecule has 2 aromatic rings. The summed E-state index contributed by atoms with van der Waals surface area (Å²) in [6, 6.07) is 16.6. The number of hydrogen-bond donors (Lipinski definition) is 2. The molecule has 1 heterocycles. The Hall–Kier alpha value is -2.77. The second-order valence-corrected chi connectivity index (χ2v) is 6.43. The summed E-state index contributed by atoms with van der Waals surface area (Å²) in [6.07, 6.45) is 0. The molecule has 1 saturated heterocycles. The monoisotopic (exact) mass is 419 g/mol. The van der Waals surface area contributed by atoms with Crippen molar-refractivity contribution in [3.8, 4) is 11.5 Å². The summed E-state index contributed by atoms with van der Waals surface area (Å²) in [4.78, 5) is 26.6. The fourth-order valence-electron chi connectivity index (χ4n) is 3.21. The first kappa shape index (κ1) is 22.5. The number of rotatable bonds is 7. The molecule has 1 aliphatic rings. The van der Waals surface area contributed by atoms with Crippen molar-refractivity contribution in [1.29, 1.82) is 0 Å². The van der Waals surface area contributed by atoms with E-state index < -0.39 is 0 Å². The van der Waals surface area contributed by atoms with E-state index in [-0.39, 0.29) is 43.4 Å². The van der Waals surface area contributed by atoms with Crippen molar-refractivity contribution in [1.82, 2.24) is 15.5 Å². The number of carbonyl (C=O) groups is 2. The maximum Gasteiger partial charge on any atom is 0.258 e. The van der Waals surface area contributed by atoms with Gasteiger partial charge >= 0.3 is 0 Å². The molecule has 0 radical (unpaired) electrons. The van der Waals surface area contributed by atoms with Crippen LogP contribution in [0, 0.1) is 0 Å². The number of amides is 2. The molecule has 3 rings (SSSR count). The van der Waals surface area contributed by atoms with E-state index in [4.69, 9.17) is 9.47 Å². The first-order chi connectivity index (χ1) is 13.7. The highest BCUT2D eigenvalue weighted by atomic mass is 35.5. The summed E-state index contributed by atoms with van der Waals surface area (Å²) in [7, 11) is 1.62. The van der Waals surface area contributed by atoms with Gasteiger partial charge in [0.1, 0.15) is 11.5 Å². The van der Waals surface area contributed by atoms with Gasteiger partial charge in [0.15, 0.2) is 6.61 Å². The number of ether oxygens (including phenoxy) is 2. The minimum Gasteiger partial charge on any atom is -0.496 e. The molecular formula is C21H26ClN3O4. The molecular weight excluding hydrogens is 394 g/mol. The van der Waals surface area contributed by atoms with E-state index >= 15 is 0 Å². The van der Waals surface area contributed by atoms with Gasteiger partial charge in [0.25, 0.3) is 5.91 Å². The average molecular weight is 420 g/mol. The van der Waals surface area contributed by atoms with Crippen LogP contribution in [0.3, 0.4) is 0 Å². The van der Waals surface area contributed by atoms with Gasteiger partial charge in [-0.05, 0) is 18.2 Å². The minimum atomic E-state index is -0.332. The van der Waals surface area contributed by atoms with Gasteiger partial charge in [-0.25, -0.2) is 0 Å². The van der Waals surface area contributed by atoms with Crippen LogP contribution in [-0.4, -0.2) is 56.6 Å². The average Bonchev–Trinajstić information content (AvgIpc) is 2.76. The maximum atomic E-state index is 12.8. The second kappa shape index (κ2) is 11.3. The molecule has 8 heteroatoms.